The molecule has 0 bridgehead atoms. The van der Waals surface area contributed by atoms with Crippen LogP contribution in [-0.4, -0.2) is 16.0 Å². The molecule has 0 heterocycles. The Kier molecular flexibility index (Phi) is 3.25. The Morgan fingerprint density at radius 2 is 2.28 bits per heavy atom. The predicted octanol–water partition coefficient (Wildman–Crippen LogP) is 2.13. The van der Waals surface area contributed by atoms with Crippen LogP contribution in [0, 0.1) is 16.0 Å². The molecule has 0 aliphatic heterocycles. The molecule has 7 heteroatoms. The average Bonchev–Trinajstić information content (AvgIpc) is 2.59. The molecule has 6 nitrogen and oxygen atoms in total. The number of rotatable bonds is 3. The molecule has 0 aromatic heterocycles. The number of carbonyl (C=O) groups is 1. The highest BCUT2D eigenvalue weighted by atomic mass is 79.9. The summed E-state index contributed by atoms with van der Waals surface area (Å²) in [4.78, 5) is 21.2. The summed E-state index contributed by atoms with van der Waals surface area (Å²) in [7, 11) is 0. The number of nitrogens with zero attached hydrogens (tertiary/aromatic N) is 1. The van der Waals surface area contributed by atoms with Crippen LogP contribution < -0.4 is 5.73 Å². The van der Waals surface area contributed by atoms with Crippen molar-refractivity contribution in [1.82, 2.24) is 0 Å². The summed E-state index contributed by atoms with van der Waals surface area (Å²) in [5.41, 5.74) is 7.10. The minimum absolute atomic E-state index is 0.0172. The van der Waals surface area contributed by atoms with Gasteiger partial charge in [0.15, 0.2) is 0 Å². The summed E-state index contributed by atoms with van der Waals surface area (Å²) in [6.45, 7) is 0. The molecule has 18 heavy (non-hydrogen) atoms. The highest BCUT2D eigenvalue weighted by molar-refractivity contribution is 9.10. The number of aliphatic carboxylic acids is 1. The molecule has 0 spiro atoms. The van der Waals surface area contributed by atoms with Gasteiger partial charge in [-0.25, -0.2) is 0 Å². The van der Waals surface area contributed by atoms with Crippen LogP contribution in [-0.2, 0) is 17.6 Å². The summed E-state index contributed by atoms with van der Waals surface area (Å²) >= 11 is 3.19. The molecule has 96 valence electrons. The Hall–Kier alpha value is -1.63. The van der Waals surface area contributed by atoms with Gasteiger partial charge >= 0.3 is 5.97 Å². The number of halogens is 1. The van der Waals surface area contributed by atoms with E-state index >= 15 is 0 Å². The van der Waals surface area contributed by atoms with Gasteiger partial charge in [0.25, 0.3) is 5.69 Å². The number of nitrogens with two attached hydrogens (primary N) is 1. The second kappa shape index (κ2) is 4.56. The van der Waals surface area contributed by atoms with E-state index in [0.29, 0.717) is 22.9 Å². The normalized spacial score (nSPS) is 17.5. The van der Waals surface area contributed by atoms with Gasteiger partial charge < -0.3 is 10.8 Å². The van der Waals surface area contributed by atoms with Crippen molar-refractivity contribution in [3.63, 3.8) is 0 Å². The number of anilines is 1. The Balaban J connectivity index is 2.43. The minimum Gasteiger partial charge on any atom is -0.481 e. The topological polar surface area (TPSA) is 106 Å². The molecule has 0 fully saturated rings. The second-order valence-corrected chi connectivity index (χ2v) is 5.24. The number of hydrogen-bond acceptors (Lipinski definition) is 4. The first kappa shape index (κ1) is 12.8. The summed E-state index contributed by atoms with van der Waals surface area (Å²) in [6, 6.07) is 1.75. The van der Waals surface area contributed by atoms with Crippen molar-refractivity contribution in [1.29, 1.82) is 0 Å². The first-order valence-corrected chi connectivity index (χ1v) is 6.15. The minimum atomic E-state index is -0.887. The molecule has 1 unspecified atom stereocenters. The van der Waals surface area contributed by atoms with Crippen LogP contribution in [0.3, 0.4) is 0 Å². The lowest BCUT2D eigenvalue weighted by Gasteiger charge is -2.05. The summed E-state index contributed by atoms with van der Waals surface area (Å²) < 4.78 is 0.490. The Morgan fingerprint density at radius 3 is 2.83 bits per heavy atom. The van der Waals surface area contributed by atoms with Gasteiger partial charge in [-0.15, -0.1) is 0 Å². The van der Waals surface area contributed by atoms with Crippen molar-refractivity contribution in [2.45, 2.75) is 19.3 Å². The fourth-order valence-electron chi connectivity index (χ4n) is 2.43. The molecule has 0 radical (unpaired) electrons. The van der Waals surface area contributed by atoms with Crippen LogP contribution in [0.1, 0.15) is 17.5 Å². The number of carboxylic acids is 1. The highest BCUT2D eigenvalue weighted by Crippen LogP contribution is 2.42. The molecule has 1 aromatic rings. The monoisotopic (exact) mass is 314 g/mol. The zero-order valence-electron chi connectivity index (χ0n) is 9.35. The molecule has 3 N–H and O–H groups in total. The highest BCUT2D eigenvalue weighted by Gasteiger charge is 2.32. The zero-order chi connectivity index (χ0) is 13.4. The maximum Gasteiger partial charge on any atom is 0.303 e. The van der Waals surface area contributed by atoms with Crippen molar-refractivity contribution in [3.05, 3.63) is 31.8 Å². The van der Waals surface area contributed by atoms with Crippen molar-refractivity contribution >= 4 is 33.3 Å². The van der Waals surface area contributed by atoms with Crippen molar-refractivity contribution in [2.24, 2.45) is 5.92 Å². The van der Waals surface area contributed by atoms with Crippen LogP contribution in [0.25, 0.3) is 0 Å². The molecule has 1 aromatic carbocycles. The Morgan fingerprint density at radius 1 is 1.61 bits per heavy atom. The predicted molar refractivity (Wildman–Crippen MR) is 68.4 cm³/mol. The van der Waals surface area contributed by atoms with Gasteiger partial charge in [-0.05, 0) is 46.3 Å². The van der Waals surface area contributed by atoms with Gasteiger partial charge in [-0.2, -0.15) is 0 Å². The molecule has 0 amide bonds. The van der Waals surface area contributed by atoms with Crippen molar-refractivity contribution in [2.75, 3.05) is 5.73 Å². The lowest BCUT2D eigenvalue weighted by molar-refractivity contribution is -0.384. The number of nitro benzene ring substituents is 1. The smallest absolute Gasteiger partial charge is 0.303 e. The van der Waals surface area contributed by atoms with E-state index in [2.05, 4.69) is 15.9 Å². The third kappa shape index (κ3) is 2.17. The molecule has 1 atom stereocenters. The van der Waals surface area contributed by atoms with E-state index in [1.54, 1.807) is 6.07 Å². The SMILES string of the molecule is Nc1c(Br)cc2c(c1[N+](=O)[O-])CC(CC(=O)O)C2. The van der Waals surface area contributed by atoms with Gasteiger partial charge in [0.05, 0.1) is 4.92 Å². The quantitative estimate of drug-likeness (QED) is 0.505. The maximum atomic E-state index is 11.1. The number of carboxylic acid groups (broad SMARTS) is 1. The van der Waals surface area contributed by atoms with Crippen LogP contribution in [0.15, 0.2) is 10.5 Å². The summed E-state index contributed by atoms with van der Waals surface area (Å²) in [6.07, 6.45) is 0.958. The molecule has 0 saturated heterocycles. The van der Waals surface area contributed by atoms with Gasteiger partial charge in [-0.1, -0.05) is 0 Å². The van der Waals surface area contributed by atoms with Gasteiger partial charge in [0.2, 0.25) is 0 Å². The number of fused-ring (bicyclic) bond motifs is 1. The molecule has 2 rings (SSSR count). The van der Waals surface area contributed by atoms with E-state index in [1.165, 1.54) is 0 Å². The maximum absolute atomic E-state index is 11.1. The average molecular weight is 315 g/mol. The van der Waals surface area contributed by atoms with E-state index in [9.17, 15) is 14.9 Å². The fourth-order valence-corrected chi connectivity index (χ4v) is 2.89. The van der Waals surface area contributed by atoms with Crippen molar-refractivity contribution < 1.29 is 14.8 Å². The lowest BCUT2D eigenvalue weighted by Crippen LogP contribution is -2.07. The second-order valence-electron chi connectivity index (χ2n) is 4.39. The molecular formula is C11H11BrN2O4. The van der Waals surface area contributed by atoms with Crippen LogP contribution in [0.4, 0.5) is 11.4 Å². The first-order chi connectivity index (χ1) is 8.40. The molecule has 1 aliphatic rings. The summed E-state index contributed by atoms with van der Waals surface area (Å²) in [5.74, 6) is -0.979. The van der Waals surface area contributed by atoms with Gasteiger partial charge in [-0.3, -0.25) is 14.9 Å². The number of nitrogen functional groups attached to an aromatic ring is 1. The fraction of sp³-hybridized carbons (Fsp3) is 0.364. The molecular weight excluding hydrogens is 304 g/mol. The zero-order valence-corrected chi connectivity index (χ0v) is 10.9. The van der Waals surface area contributed by atoms with E-state index in [0.717, 1.165) is 5.56 Å². The Labute approximate surface area is 111 Å². The number of benzene rings is 1. The van der Waals surface area contributed by atoms with Gasteiger partial charge in [0.1, 0.15) is 5.69 Å². The first-order valence-electron chi connectivity index (χ1n) is 5.36. The molecule has 0 saturated carbocycles. The third-order valence-corrected chi connectivity index (χ3v) is 3.79. The Bertz CT molecular complexity index is 544. The number of hydrogen-bond donors (Lipinski definition) is 2. The number of nitro groups is 1. The van der Waals surface area contributed by atoms with Crippen molar-refractivity contribution in [3.8, 4) is 0 Å². The van der Waals surface area contributed by atoms with E-state index in [1.807, 2.05) is 0 Å². The van der Waals surface area contributed by atoms with E-state index in [-0.39, 0.29) is 23.7 Å². The third-order valence-electron chi connectivity index (χ3n) is 3.13. The standard InChI is InChI=1S/C11H11BrN2O4/c12-8-4-6-1-5(3-9(15)16)2-7(6)11(10(8)13)14(17)18/h4-5H,1-3,13H2,(H,15,16). The van der Waals surface area contributed by atoms with E-state index in [4.69, 9.17) is 10.8 Å². The van der Waals surface area contributed by atoms with Crippen LogP contribution in [0.5, 0.6) is 0 Å². The lowest BCUT2D eigenvalue weighted by atomic mass is 10.0. The largest absolute Gasteiger partial charge is 0.481 e. The van der Waals surface area contributed by atoms with Crippen LogP contribution >= 0.6 is 15.9 Å². The summed E-state index contributed by atoms with van der Waals surface area (Å²) in [5, 5.41) is 19.8. The van der Waals surface area contributed by atoms with Gasteiger partial charge in [0, 0.05) is 16.5 Å². The molecule has 1 aliphatic carbocycles. The van der Waals surface area contributed by atoms with E-state index < -0.39 is 10.9 Å². The van der Waals surface area contributed by atoms with Crippen LogP contribution in [0.2, 0.25) is 0 Å².